The van der Waals surface area contributed by atoms with Crippen LogP contribution < -0.4 is 10.6 Å². The van der Waals surface area contributed by atoms with Crippen molar-refractivity contribution in [1.29, 1.82) is 0 Å². The predicted molar refractivity (Wildman–Crippen MR) is 122 cm³/mol. The van der Waals surface area contributed by atoms with Crippen molar-refractivity contribution in [3.63, 3.8) is 0 Å². The molecule has 2 aromatic carbocycles. The lowest BCUT2D eigenvalue weighted by molar-refractivity contribution is -0.128. The summed E-state index contributed by atoms with van der Waals surface area (Å²) in [6, 6.07) is 20.1. The summed E-state index contributed by atoms with van der Waals surface area (Å²) in [7, 11) is 0. The first-order valence-corrected chi connectivity index (χ1v) is 11.7. The lowest BCUT2D eigenvalue weighted by atomic mass is 10.0. The van der Waals surface area contributed by atoms with Gasteiger partial charge in [0, 0.05) is 37.0 Å². The largest absolute Gasteiger partial charge is 0.356 e. The first-order chi connectivity index (χ1) is 14.7. The van der Waals surface area contributed by atoms with Gasteiger partial charge in [0.05, 0.1) is 5.75 Å². The van der Waals surface area contributed by atoms with Crippen LogP contribution in [-0.2, 0) is 9.59 Å². The minimum Gasteiger partial charge on any atom is -0.356 e. The summed E-state index contributed by atoms with van der Waals surface area (Å²) in [5, 5.41) is 6.54. The van der Waals surface area contributed by atoms with E-state index in [4.69, 9.17) is 0 Å². The number of hydrogen-bond acceptors (Lipinski definition) is 4. The van der Waals surface area contributed by atoms with E-state index in [-0.39, 0.29) is 17.9 Å². The summed E-state index contributed by atoms with van der Waals surface area (Å²) in [6.45, 7) is 2.90. The van der Waals surface area contributed by atoms with E-state index >= 15 is 0 Å². The van der Waals surface area contributed by atoms with Crippen LogP contribution >= 0.6 is 11.8 Å². The van der Waals surface area contributed by atoms with Gasteiger partial charge < -0.3 is 15.5 Å². The minimum absolute atomic E-state index is 0.00950. The van der Waals surface area contributed by atoms with E-state index in [2.05, 4.69) is 22.8 Å². The van der Waals surface area contributed by atoms with Crippen LogP contribution in [0, 0.1) is 0 Å². The van der Waals surface area contributed by atoms with Gasteiger partial charge >= 0.3 is 0 Å². The Kier molecular flexibility index (Phi) is 9.25. The zero-order chi connectivity index (χ0) is 21.0. The van der Waals surface area contributed by atoms with E-state index in [0.717, 1.165) is 49.4 Å². The summed E-state index contributed by atoms with van der Waals surface area (Å²) in [6.07, 6.45) is 3.08. The van der Waals surface area contributed by atoms with Gasteiger partial charge in [0.2, 0.25) is 11.8 Å². The molecule has 1 aliphatic rings. The van der Waals surface area contributed by atoms with Crippen molar-refractivity contribution in [2.45, 2.75) is 36.6 Å². The number of carbonyl (C=O) groups is 2. The van der Waals surface area contributed by atoms with Crippen LogP contribution in [0.2, 0.25) is 0 Å². The van der Waals surface area contributed by atoms with Crippen molar-refractivity contribution in [1.82, 2.24) is 15.5 Å². The molecule has 1 atom stereocenters. The highest BCUT2D eigenvalue weighted by molar-refractivity contribution is 8.00. The molecule has 1 aliphatic heterocycles. The summed E-state index contributed by atoms with van der Waals surface area (Å²) in [5.74, 6) is 0.714. The van der Waals surface area contributed by atoms with E-state index < -0.39 is 0 Å². The Morgan fingerprint density at radius 1 is 0.933 bits per heavy atom. The quantitative estimate of drug-likeness (QED) is 0.735. The van der Waals surface area contributed by atoms with Crippen LogP contribution in [0.3, 0.4) is 0 Å². The minimum atomic E-state index is -0.00950. The number of amides is 2. The molecule has 0 bridgehead atoms. The third kappa shape index (κ3) is 7.50. The molecular weight excluding hydrogens is 394 g/mol. The first kappa shape index (κ1) is 22.4. The van der Waals surface area contributed by atoms with Gasteiger partial charge in [0.15, 0.2) is 0 Å². The Hall–Kier alpha value is -2.31. The second-order valence-corrected chi connectivity index (χ2v) is 8.56. The topological polar surface area (TPSA) is 61.4 Å². The number of nitrogens with zero attached hydrogens (tertiary/aromatic N) is 1. The van der Waals surface area contributed by atoms with Gasteiger partial charge in [-0.1, -0.05) is 48.5 Å². The van der Waals surface area contributed by atoms with Gasteiger partial charge in [-0.2, -0.15) is 0 Å². The Balaban J connectivity index is 1.57. The Morgan fingerprint density at radius 3 is 2.40 bits per heavy atom. The summed E-state index contributed by atoms with van der Waals surface area (Å²) < 4.78 is 0. The van der Waals surface area contributed by atoms with Crippen LogP contribution in [0.25, 0.3) is 0 Å². The second-order valence-electron chi connectivity index (χ2n) is 7.51. The molecule has 0 saturated carbocycles. The Bertz CT molecular complexity index is 786. The molecule has 1 heterocycles. The molecule has 0 spiro atoms. The third-order valence-corrected chi connectivity index (χ3v) is 6.22. The fraction of sp³-hybridized carbons (Fsp3) is 0.417. The van der Waals surface area contributed by atoms with Crippen molar-refractivity contribution >= 4 is 23.6 Å². The van der Waals surface area contributed by atoms with Crippen molar-refractivity contribution in [3.05, 3.63) is 66.2 Å². The molecule has 160 valence electrons. The third-order valence-electron chi connectivity index (χ3n) is 5.22. The average molecular weight is 426 g/mol. The fourth-order valence-electron chi connectivity index (χ4n) is 3.57. The molecule has 1 unspecified atom stereocenters. The van der Waals surface area contributed by atoms with Crippen molar-refractivity contribution in [2.75, 3.05) is 31.9 Å². The van der Waals surface area contributed by atoms with Gasteiger partial charge in [-0.15, -0.1) is 11.8 Å². The molecule has 1 saturated heterocycles. The van der Waals surface area contributed by atoms with Crippen molar-refractivity contribution in [2.24, 2.45) is 0 Å². The maximum Gasteiger partial charge on any atom is 0.232 e. The monoisotopic (exact) mass is 425 g/mol. The number of rotatable bonds is 4. The number of benzene rings is 2. The molecule has 2 N–H and O–H groups in total. The Labute approximate surface area is 183 Å². The first-order valence-electron chi connectivity index (χ1n) is 10.7. The maximum absolute atomic E-state index is 12.8. The van der Waals surface area contributed by atoms with Crippen molar-refractivity contribution < 1.29 is 9.59 Å². The van der Waals surface area contributed by atoms with Crippen LogP contribution in [-0.4, -0.2) is 48.6 Å². The number of nitrogens with one attached hydrogen (secondary N) is 2. The second kappa shape index (κ2) is 12.4. The molecule has 0 aromatic heterocycles. The van der Waals surface area contributed by atoms with Gasteiger partial charge in [0.25, 0.3) is 0 Å². The van der Waals surface area contributed by atoms with Crippen molar-refractivity contribution in [3.8, 4) is 0 Å². The summed E-state index contributed by atoms with van der Waals surface area (Å²) in [4.78, 5) is 28.3. The lowest BCUT2D eigenvalue weighted by Gasteiger charge is -2.23. The molecule has 0 aliphatic carbocycles. The lowest BCUT2D eigenvalue weighted by Crippen LogP contribution is -2.36. The molecule has 3 rings (SSSR count). The zero-order valence-corrected chi connectivity index (χ0v) is 18.2. The van der Waals surface area contributed by atoms with Crippen LogP contribution in [0.5, 0.6) is 0 Å². The highest BCUT2D eigenvalue weighted by Crippen LogP contribution is 2.19. The highest BCUT2D eigenvalue weighted by atomic mass is 32.2. The molecule has 2 aromatic rings. The van der Waals surface area contributed by atoms with Gasteiger partial charge in [0.1, 0.15) is 0 Å². The van der Waals surface area contributed by atoms with E-state index in [1.54, 1.807) is 11.8 Å². The SMILES string of the molecule is O=C1CC(c2ccccc2)NCCCN(C(=O)CSc2ccccc2)CCCCN1. The molecule has 30 heavy (non-hydrogen) atoms. The van der Waals surface area contributed by atoms with E-state index in [1.165, 1.54) is 0 Å². The average Bonchev–Trinajstić information content (AvgIpc) is 2.80. The number of carbonyl (C=O) groups excluding carboxylic acids is 2. The Morgan fingerprint density at radius 2 is 1.63 bits per heavy atom. The molecule has 1 fully saturated rings. The van der Waals surface area contributed by atoms with Crippen LogP contribution in [0.4, 0.5) is 0 Å². The molecule has 6 heteroatoms. The predicted octanol–water partition coefficient (Wildman–Crippen LogP) is 3.63. The fourth-order valence-corrected chi connectivity index (χ4v) is 4.39. The summed E-state index contributed by atoms with van der Waals surface area (Å²) >= 11 is 1.59. The molecule has 5 nitrogen and oxygen atoms in total. The number of hydrogen-bond donors (Lipinski definition) is 2. The van der Waals surface area contributed by atoms with E-state index in [9.17, 15) is 9.59 Å². The van der Waals surface area contributed by atoms with Crippen LogP contribution in [0.15, 0.2) is 65.6 Å². The zero-order valence-electron chi connectivity index (χ0n) is 17.4. The smallest absolute Gasteiger partial charge is 0.232 e. The molecule has 0 radical (unpaired) electrons. The van der Waals surface area contributed by atoms with Crippen LogP contribution in [0.1, 0.15) is 37.3 Å². The number of thioether (sulfide) groups is 1. The highest BCUT2D eigenvalue weighted by Gasteiger charge is 2.18. The summed E-state index contributed by atoms with van der Waals surface area (Å²) in [5.41, 5.74) is 1.12. The van der Waals surface area contributed by atoms with Gasteiger partial charge in [-0.25, -0.2) is 0 Å². The standard InChI is InChI=1S/C24H31N3O2S/c28-23-18-22(20-10-3-1-4-11-20)25-15-9-17-27(16-8-7-14-26-23)24(29)19-30-21-12-5-2-6-13-21/h1-6,10-13,22,25H,7-9,14-19H2,(H,26,28). The van der Waals surface area contributed by atoms with E-state index in [0.29, 0.717) is 18.7 Å². The maximum atomic E-state index is 12.8. The van der Waals surface area contributed by atoms with Gasteiger partial charge in [-0.05, 0) is 43.5 Å². The normalized spacial score (nSPS) is 19.1. The molecule has 2 amide bonds. The molecular formula is C24H31N3O2S. The van der Waals surface area contributed by atoms with Gasteiger partial charge in [-0.3, -0.25) is 9.59 Å². The van der Waals surface area contributed by atoms with E-state index in [1.807, 2.05) is 53.4 Å².